The number of hydrogen-bond acceptors (Lipinski definition) is 2. The van der Waals surface area contributed by atoms with Crippen molar-refractivity contribution in [2.75, 3.05) is 13.7 Å². The molecule has 0 spiro atoms. The average molecular weight is 258 g/mol. The number of rotatable bonds is 4. The Morgan fingerprint density at radius 1 is 1.37 bits per heavy atom. The molecule has 0 bridgehead atoms. The van der Waals surface area contributed by atoms with Crippen LogP contribution in [-0.4, -0.2) is 18.2 Å². The number of ether oxygens (including phenoxy) is 1. The molecule has 1 unspecified atom stereocenters. The molecule has 19 heavy (non-hydrogen) atoms. The molecule has 0 amide bonds. The number of fused-ring (bicyclic) bond motifs is 1. The smallest absolute Gasteiger partial charge is 0.120 e. The molecule has 2 N–H and O–H groups in total. The Kier molecular flexibility index (Phi) is 3.23. The monoisotopic (exact) mass is 258 g/mol. The molecule has 1 aromatic heterocycles. The van der Waals surface area contributed by atoms with E-state index in [1.807, 2.05) is 6.07 Å². The summed E-state index contributed by atoms with van der Waals surface area (Å²) in [5.41, 5.74) is 8.62. The van der Waals surface area contributed by atoms with Gasteiger partial charge in [-0.3, -0.25) is 0 Å². The van der Waals surface area contributed by atoms with Crippen molar-refractivity contribution >= 4 is 10.9 Å². The molecule has 1 heterocycles. The van der Waals surface area contributed by atoms with Crippen LogP contribution < -0.4 is 10.5 Å². The van der Waals surface area contributed by atoms with E-state index in [4.69, 9.17) is 10.5 Å². The lowest BCUT2D eigenvalue weighted by molar-refractivity contribution is 0.258. The van der Waals surface area contributed by atoms with Gasteiger partial charge in [-0.2, -0.15) is 0 Å². The van der Waals surface area contributed by atoms with E-state index >= 15 is 0 Å². The van der Waals surface area contributed by atoms with Gasteiger partial charge in [-0.25, -0.2) is 0 Å². The first-order valence-electron chi connectivity index (χ1n) is 7.08. The number of aromatic nitrogens is 1. The van der Waals surface area contributed by atoms with Crippen LogP contribution in [0.3, 0.4) is 0 Å². The maximum absolute atomic E-state index is 6.02. The predicted octanol–water partition coefficient (Wildman–Crippen LogP) is 3.03. The molecule has 2 aromatic rings. The third-order valence-electron chi connectivity index (χ3n) is 4.64. The van der Waals surface area contributed by atoms with Crippen molar-refractivity contribution in [1.82, 2.24) is 4.57 Å². The number of nitrogens with zero attached hydrogens (tertiary/aromatic N) is 1. The third-order valence-corrected chi connectivity index (χ3v) is 4.64. The van der Waals surface area contributed by atoms with E-state index in [0.29, 0.717) is 5.92 Å². The molecular weight excluding hydrogens is 236 g/mol. The summed E-state index contributed by atoms with van der Waals surface area (Å²) in [5, 5.41) is 1.27. The minimum Gasteiger partial charge on any atom is -0.497 e. The molecule has 1 fully saturated rings. The molecule has 1 saturated carbocycles. The predicted molar refractivity (Wildman–Crippen MR) is 78.6 cm³/mol. The third kappa shape index (κ3) is 2.02. The normalized spacial score (nSPS) is 17.4. The zero-order chi connectivity index (χ0) is 13.4. The lowest BCUT2D eigenvalue weighted by Gasteiger charge is -2.33. The van der Waals surface area contributed by atoms with Gasteiger partial charge in [0.1, 0.15) is 5.75 Å². The maximum Gasteiger partial charge on any atom is 0.120 e. The topological polar surface area (TPSA) is 40.2 Å². The van der Waals surface area contributed by atoms with Crippen molar-refractivity contribution in [1.29, 1.82) is 0 Å². The quantitative estimate of drug-likeness (QED) is 0.915. The zero-order valence-electron chi connectivity index (χ0n) is 11.7. The molecule has 0 aliphatic heterocycles. The Hall–Kier alpha value is -1.48. The van der Waals surface area contributed by atoms with Crippen LogP contribution in [0.4, 0.5) is 0 Å². The molecule has 1 aliphatic rings. The summed E-state index contributed by atoms with van der Waals surface area (Å²) >= 11 is 0. The van der Waals surface area contributed by atoms with Crippen LogP contribution in [0.15, 0.2) is 24.3 Å². The van der Waals surface area contributed by atoms with Crippen LogP contribution in [0.1, 0.15) is 30.9 Å². The van der Waals surface area contributed by atoms with Crippen LogP contribution in [0.2, 0.25) is 0 Å². The fraction of sp³-hybridized carbons (Fsp3) is 0.500. The van der Waals surface area contributed by atoms with Crippen molar-refractivity contribution in [3.8, 4) is 5.75 Å². The van der Waals surface area contributed by atoms with E-state index in [9.17, 15) is 0 Å². The molecule has 0 radical (unpaired) electrons. The van der Waals surface area contributed by atoms with E-state index in [1.54, 1.807) is 7.11 Å². The summed E-state index contributed by atoms with van der Waals surface area (Å²) in [6.07, 6.45) is 4.01. The van der Waals surface area contributed by atoms with Gasteiger partial charge in [0.2, 0.25) is 0 Å². The average Bonchev–Trinajstić information content (AvgIpc) is 2.70. The molecule has 102 valence electrons. The van der Waals surface area contributed by atoms with E-state index in [0.717, 1.165) is 18.2 Å². The van der Waals surface area contributed by atoms with Crippen LogP contribution in [-0.2, 0) is 7.05 Å². The fourth-order valence-electron chi connectivity index (χ4n) is 3.21. The van der Waals surface area contributed by atoms with Gasteiger partial charge in [-0.05, 0) is 37.0 Å². The molecule has 0 saturated heterocycles. The standard InChI is InChI=1S/C16H22N2O/c1-18-15-9-13(19-2)7-6-12(15)8-16(18)14(10-17)11-4-3-5-11/h6-9,11,14H,3-5,10,17H2,1-2H3. The van der Waals surface area contributed by atoms with Gasteiger partial charge in [0.15, 0.2) is 0 Å². The number of benzene rings is 1. The molecule has 3 heteroatoms. The van der Waals surface area contributed by atoms with Gasteiger partial charge in [-0.15, -0.1) is 0 Å². The highest BCUT2D eigenvalue weighted by Crippen LogP contribution is 2.40. The number of methoxy groups -OCH3 is 1. The lowest BCUT2D eigenvalue weighted by Crippen LogP contribution is -2.28. The first-order chi connectivity index (χ1) is 9.24. The summed E-state index contributed by atoms with van der Waals surface area (Å²) in [6, 6.07) is 8.55. The Labute approximate surface area is 114 Å². The highest BCUT2D eigenvalue weighted by Gasteiger charge is 2.29. The van der Waals surface area contributed by atoms with Crippen LogP contribution in [0.5, 0.6) is 5.75 Å². The molecule has 1 aliphatic carbocycles. The Bertz CT molecular complexity index is 584. The van der Waals surface area contributed by atoms with Crippen LogP contribution in [0, 0.1) is 5.92 Å². The molecule has 3 nitrogen and oxygen atoms in total. The van der Waals surface area contributed by atoms with Crippen molar-refractivity contribution in [2.24, 2.45) is 18.7 Å². The Morgan fingerprint density at radius 2 is 2.16 bits per heavy atom. The van der Waals surface area contributed by atoms with Crippen molar-refractivity contribution in [3.63, 3.8) is 0 Å². The highest BCUT2D eigenvalue weighted by molar-refractivity contribution is 5.83. The number of hydrogen-bond donors (Lipinski definition) is 1. The fourth-order valence-corrected chi connectivity index (χ4v) is 3.21. The van der Waals surface area contributed by atoms with Gasteiger partial charge in [-0.1, -0.05) is 6.42 Å². The van der Waals surface area contributed by atoms with Gasteiger partial charge < -0.3 is 15.0 Å². The summed E-state index contributed by atoms with van der Waals surface area (Å²) in [5.74, 6) is 2.18. The van der Waals surface area contributed by atoms with Crippen molar-refractivity contribution in [2.45, 2.75) is 25.2 Å². The van der Waals surface area contributed by atoms with Gasteiger partial charge in [0.25, 0.3) is 0 Å². The second-order valence-corrected chi connectivity index (χ2v) is 5.59. The first kappa shape index (κ1) is 12.5. The highest BCUT2D eigenvalue weighted by atomic mass is 16.5. The minimum absolute atomic E-state index is 0.497. The van der Waals surface area contributed by atoms with E-state index < -0.39 is 0 Å². The Balaban J connectivity index is 2.05. The summed E-state index contributed by atoms with van der Waals surface area (Å²) in [4.78, 5) is 0. The van der Waals surface area contributed by atoms with Crippen molar-refractivity contribution in [3.05, 3.63) is 30.0 Å². The maximum atomic E-state index is 6.02. The van der Waals surface area contributed by atoms with Crippen LogP contribution in [0.25, 0.3) is 10.9 Å². The van der Waals surface area contributed by atoms with E-state index in [1.165, 1.54) is 35.9 Å². The summed E-state index contributed by atoms with van der Waals surface area (Å²) in [6.45, 7) is 0.742. The van der Waals surface area contributed by atoms with Gasteiger partial charge >= 0.3 is 0 Å². The zero-order valence-corrected chi connectivity index (χ0v) is 11.7. The Morgan fingerprint density at radius 3 is 2.74 bits per heavy atom. The van der Waals surface area contributed by atoms with Crippen LogP contribution >= 0.6 is 0 Å². The second-order valence-electron chi connectivity index (χ2n) is 5.59. The second kappa shape index (κ2) is 4.89. The first-order valence-corrected chi connectivity index (χ1v) is 7.08. The largest absolute Gasteiger partial charge is 0.497 e. The number of aryl methyl sites for hydroxylation is 1. The van der Waals surface area contributed by atoms with Crippen molar-refractivity contribution < 1.29 is 4.74 Å². The lowest BCUT2D eigenvalue weighted by atomic mass is 9.74. The van der Waals surface area contributed by atoms with Gasteiger partial charge in [0, 0.05) is 36.7 Å². The summed E-state index contributed by atoms with van der Waals surface area (Å²) < 4.78 is 7.60. The minimum atomic E-state index is 0.497. The SMILES string of the molecule is COc1ccc2cc(C(CN)C3CCC3)n(C)c2c1. The molecular formula is C16H22N2O. The molecule has 1 aromatic carbocycles. The molecule has 3 rings (SSSR count). The van der Waals surface area contributed by atoms with E-state index in [2.05, 4.69) is 29.8 Å². The van der Waals surface area contributed by atoms with Gasteiger partial charge in [0.05, 0.1) is 12.6 Å². The van der Waals surface area contributed by atoms with E-state index in [-0.39, 0.29) is 0 Å². The number of nitrogens with two attached hydrogens (primary N) is 1. The summed E-state index contributed by atoms with van der Waals surface area (Å²) in [7, 11) is 3.85. The molecule has 1 atom stereocenters.